The molecular formula is C19H21F3N2O3. The standard InChI is InChI=1S/C19H21F3N2O3/c1-18(2,3)27-17(26)24-10-12-8-23(9-13(12)11-24)16(25)14-6-4-5-7-15(14)19(20,21)22/h4-7H,8-11H2,1-3H3. The van der Waals surface area contributed by atoms with Crippen molar-refractivity contribution in [3.05, 3.63) is 46.5 Å². The molecule has 0 saturated carbocycles. The molecule has 0 fully saturated rings. The summed E-state index contributed by atoms with van der Waals surface area (Å²) in [5.74, 6) is -0.652. The largest absolute Gasteiger partial charge is 0.444 e. The third-order valence-corrected chi connectivity index (χ3v) is 4.43. The lowest BCUT2D eigenvalue weighted by Gasteiger charge is -2.27. The summed E-state index contributed by atoms with van der Waals surface area (Å²) < 4.78 is 44.8. The monoisotopic (exact) mass is 382 g/mol. The van der Waals surface area contributed by atoms with Crippen molar-refractivity contribution in [1.82, 2.24) is 9.80 Å². The molecular weight excluding hydrogens is 361 g/mol. The highest BCUT2D eigenvalue weighted by Gasteiger charge is 2.39. The van der Waals surface area contributed by atoms with Gasteiger partial charge in [-0.25, -0.2) is 4.79 Å². The van der Waals surface area contributed by atoms with Gasteiger partial charge in [-0.15, -0.1) is 0 Å². The molecule has 1 aromatic rings. The molecule has 0 radical (unpaired) electrons. The van der Waals surface area contributed by atoms with Gasteiger partial charge in [-0.3, -0.25) is 4.79 Å². The number of carbonyl (C=O) groups is 2. The molecule has 8 heteroatoms. The van der Waals surface area contributed by atoms with Crippen LogP contribution in [0.1, 0.15) is 36.7 Å². The maximum absolute atomic E-state index is 13.2. The van der Waals surface area contributed by atoms with Crippen LogP contribution in [-0.2, 0) is 10.9 Å². The second kappa shape index (κ2) is 6.58. The normalized spacial score (nSPS) is 17.4. The number of benzene rings is 1. The van der Waals surface area contributed by atoms with E-state index in [1.165, 1.54) is 23.1 Å². The number of nitrogens with zero attached hydrogens (tertiary/aromatic N) is 2. The minimum atomic E-state index is -4.59. The predicted octanol–water partition coefficient (Wildman–Crippen LogP) is 3.71. The van der Waals surface area contributed by atoms with Gasteiger partial charge >= 0.3 is 12.3 Å². The van der Waals surface area contributed by atoms with Crippen LogP contribution in [0.3, 0.4) is 0 Å². The van der Waals surface area contributed by atoms with Crippen LogP contribution in [0.5, 0.6) is 0 Å². The van der Waals surface area contributed by atoms with Gasteiger partial charge in [-0.1, -0.05) is 12.1 Å². The predicted molar refractivity (Wildman–Crippen MR) is 92.2 cm³/mol. The van der Waals surface area contributed by atoms with E-state index >= 15 is 0 Å². The Morgan fingerprint density at radius 1 is 0.926 bits per heavy atom. The summed E-state index contributed by atoms with van der Waals surface area (Å²) in [5, 5.41) is 0. The average Bonchev–Trinajstić information content (AvgIpc) is 3.10. The summed E-state index contributed by atoms with van der Waals surface area (Å²) in [6.07, 6.45) is -5.02. The van der Waals surface area contributed by atoms with Crippen LogP contribution in [-0.4, -0.2) is 53.6 Å². The van der Waals surface area contributed by atoms with Crippen LogP contribution in [0.2, 0.25) is 0 Å². The van der Waals surface area contributed by atoms with Crippen LogP contribution in [0.25, 0.3) is 0 Å². The maximum Gasteiger partial charge on any atom is 0.417 e. The average molecular weight is 382 g/mol. The third kappa shape index (κ3) is 4.09. The summed E-state index contributed by atoms with van der Waals surface area (Å²) in [7, 11) is 0. The highest BCUT2D eigenvalue weighted by molar-refractivity contribution is 5.96. The molecule has 1 aromatic carbocycles. The molecule has 0 bridgehead atoms. The molecule has 0 saturated heterocycles. The zero-order valence-electron chi connectivity index (χ0n) is 15.4. The van der Waals surface area contributed by atoms with Crippen LogP contribution in [0.15, 0.2) is 35.4 Å². The summed E-state index contributed by atoms with van der Waals surface area (Å²) in [6.45, 7) is 6.44. The SMILES string of the molecule is CC(C)(C)OC(=O)N1CC2=C(C1)CN(C(=O)c1ccccc1C(F)(F)F)C2. The molecule has 3 rings (SSSR count). The van der Waals surface area contributed by atoms with Crippen LogP contribution in [0.4, 0.5) is 18.0 Å². The second-order valence-electron chi connectivity index (χ2n) is 7.75. The van der Waals surface area contributed by atoms with Gasteiger partial charge in [-0.2, -0.15) is 13.2 Å². The van der Waals surface area contributed by atoms with Crippen molar-refractivity contribution in [3.63, 3.8) is 0 Å². The van der Waals surface area contributed by atoms with E-state index in [1.54, 1.807) is 25.7 Å². The smallest absolute Gasteiger partial charge is 0.417 e. The van der Waals surface area contributed by atoms with Gasteiger partial charge in [0.2, 0.25) is 0 Å². The summed E-state index contributed by atoms with van der Waals surface area (Å²) in [4.78, 5) is 27.7. The Labute approximate surface area is 155 Å². The Hall–Kier alpha value is -2.51. The zero-order valence-corrected chi connectivity index (χ0v) is 15.4. The van der Waals surface area contributed by atoms with Crippen molar-refractivity contribution in [3.8, 4) is 0 Å². The Morgan fingerprint density at radius 2 is 1.44 bits per heavy atom. The Morgan fingerprint density at radius 3 is 1.96 bits per heavy atom. The first kappa shape index (κ1) is 19.3. The molecule has 0 aliphatic carbocycles. The van der Waals surface area contributed by atoms with Crippen molar-refractivity contribution < 1.29 is 27.5 Å². The van der Waals surface area contributed by atoms with E-state index in [-0.39, 0.29) is 18.7 Å². The lowest BCUT2D eigenvalue weighted by molar-refractivity contribution is -0.138. The van der Waals surface area contributed by atoms with E-state index in [0.717, 1.165) is 17.2 Å². The van der Waals surface area contributed by atoms with Crippen LogP contribution >= 0.6 is 0 Å². The van der Waals surface area contributed by atoms with Gasteiger partial charge in [0.05, 0.1) is 11.1 Å². The molecule has 2 aliphatic heterocycles. The van der Waals surface area contributed by atoms with Crippen molar-refractivity contribution in [2.24, 2.45) is 0 Å². The van der Waals surface area contributed by atoms with Crippen molar-refractivity contribution >= 4 is 12.0 Å². The lowest BCUT2D eigenvalue weighted by atomic mass is 10.1. The molecule has 2 amide bonds. The van der Waals surface area contributed by atoms with Crippen LogP contribution < -0.4 is 0 Å². The zero-order chi connectivity index (χ0) is 20.0. The quantitative estimate of drug-likeness (QED) is 0.696. The fourth-order valence-electron chi connectivity index (χ4n) is 3.27. The first-order valence-corrected chi connectivity index (χ1v) is 8.59. The highest BCUT2D eigenvalue weighted by atomic mass is 19.4. The molecule has 0 atom stereocenters. The fourth-order valence-corrected chi connectivity index (χ4v) is 3.27. The van der Waals surface area contributed by atoms with Crippen LogP contribution in [0, 0.1) is 0 Å². The van der Waals surface area contributed by atoms with Gasteiger partial charge in [0.25, 0.3) is 5.91 Å². The Kier molecular flexibility index (Phi) is 4.69. The van der Waals surface area contributed by atoms with E-state index in [9.17, 15) is 22.8 Å². The van der Waals surface area contributed by atoms with Gasteiger partial charge < -0.3 is 14.5 Å². The first-order valence-electron chi connectivity index (χ1n) is 8.59. The number of hydrogen-bond donors (Lipinski definition) is 0. The van der Waals surface area contributed by atoms with Gasteiger partial charge in [0.15, 0.2) is 0 Å². The number of halogens is 3. The van der Waals surface area contributed by atoms with Crippen molar-refractivity contribution in [2.75, 3.05) is 26.2 Å². The van der Waals surface area contributed by atoms with Crippen molar-refractivity contribution in [2.45, 2.75) is 32.5 Å². The molecule has 0 unspecified atom stereocenters. The second-order valence-corrected chi connectivity index (χ2v) is 7.75. The minimum absolute atomic E-state index is 0.222. The molecule has 2 aliphatic rings. The van der Waals surface area contributed by atoms with Gasteiger partial charge in [-0.05, 0) is 44.1 Å². The molecule has 0 spiro atoms. The van der Waals surface area contributed by atoms with E-state index in [1.807, 2.05) is 0 Å². The number of carbonyl (C=O) groups excluding carboxylic acids is 2. The van der Waals surface area contributed by atoms with Crippen molar-refractivity contribution in [1.29, 1.82) is 0 Å². The highest BCUT2D eigenvalue weighted by Crippen LogP contribution is 2.34. The minimum Gasteiger partial charge on any atom is -0.444 e. The molecule has 0 aromatic heterocycles. The summed E-state index contributed by atoms with van der Waals surface area (Å²) in [6, 6.07) is 4.79. The molecule has 5 nitrogen and oxygen atoms in total. The number of alkyl halides is 3. The molecule has 27 heavy (non-hydrogen) atoms. The van der Waals surface area contributed by atoms with E-state index in [4.69, 9.17) is 4.74 Å². The van der Waals surface area contributed by atoms with E-state index in [0.29, 0.717) is 13.1 Å². The molecule has 146 valence electrons. The third-order valence-electron chi connectivity index (χ3n) is 4.43. The summed E-state index contributed by atoms with van der Waals surface area (Å²) in [5.41, 5.74) is -0.113. The van der Waals surface area contributed by atoms with E-state index < -0.39 is 29.3 Å². The number of rotatable bonds is 1. The maximum atomic E-state index is 13.2. The number of amides is 2. The topological polar surface area (TPSA) is 49.9 Å². The Balaban J connectivity index is 1.67. The summed E-state index contributed by atoms with van der Waals surface area (Å²) >= 11 is 0. The van der Waals surface area contributed by atoms with Gasteiger partial charge in [0.1, 0.15) is 5.60 Å². The number of hydrogen-bond acceptors (Lipinski definition) is 3. The van der Waals surface area contributed by atoms with E-state index in [2.05, 4.69) is 0 Å². The lowest BCUT2D eigenvalue weighted by Crippen LogP contribution is -2.39. The molecule has 2 heterocycles. The molecule has 0 N–H and O–H groups in total. The fraction of sp³-hybridized carbons (Fsp3) is 0.474. The van der Waals surface area contributed by atoms with Gasteiger partial charge in [0, 0.05) is 26.2 Å². The number of ether oxygens (including phenoxy) is 1. The Bertz CT molecular complexity index is 791. The first-order chi connectivity index (χ1) is 12.5.